The van der Waals surface area contributed by atoms with E-state index in [4.69, 9.17) is 11.6 Å². The van der Waals surface area contributed by atoms with Gasteiger partial charge in [0.15, 0.2) is 0 Å². The van der Waals surface area contributed by atoms with Crippen molar-refractivity contribution in [2.24, 2.45) is 0 Å². The van der Waals surface area contributed by atoms with Crippen LogP contribution in [-0.4, -0.2) is 4.92 Å². The van der Waals surface area contributed by atoms with Gasteiger partial charge in [0.25, 0.3) is 5.69 Å². The molecule has 0 fully saturated rings. The van der Waals surface area contributed by atoms with Gasteiger partial charge < -0.3 is 0 Å². The highest BCUT2D eigenvalue weighted by atomic mass is 35.5. The maximum absolute atomic E-state index is 10.8. The fourth-order valence-corrected chi connectivity index (χ4v) is 3.71. The zero-order valence-electron chi connectivity index (χ0n) is 11.5. The van der Waals surface area contributed by atoms with E-state index in [1.807, 2.05) is 47.8 Å². The first-order valence-electron chi connectivity index (χ1n) is 6.65. The number of nitrogens with zero attached hydrogens (tertiary/aromatic N) is 1. The lowest BCUT2D eigenvalue weighted by molar-refractivity contribution is -0.384. The van der Waals surface area contributed by atoms with Gasteiger partial charge in [-0.25, -0.2) is 0 Å². The largest absolute Gasteiger partial charge is 0.269 e. The number of rotatable bonds is 4. The smallest absolute Gasteiger partial charge is 0.258 e. The fraction of sp³-hybridized carbons (Fsp3) is 0.0588. The van der Waals surface area contributed by atoms with Gasteiger partial charge in [-0.2, -0.15) is 0 Å². The van der Waals surface area contributed by atoms with E-state index < -0.39 is 9.80 Å². The van der Waals surface area contributed by atoms with Gasteiger partial charge in [0.05, 0.1) is 4.92 Å². The van der Waals surface area contributed by atoms with Crippen molar-refractivity contribution >= 4 is 28.6 Å². The number of hydrogen-bond donors (Lipinski definition) is 0. The number of thiophene rings is 1. The molecule has 22 heavy (non-hydrogen) atoms. The van der Waals surface area contributed by atoms with Crippen LogP contribution in [0.1, 0.15) is 16.0 Å². The molecule has 1 atom stereocenters. The molecule has 0 radical (unpaired) electrons. The Balaban J connectivity index is 2.16. The molecular formula is C17H12ClNO2S. The van der Waals surface area contributed by atoms with Crippen molar-refractivity contribution in [3.63, 3.8) is 0 Å². The molecule has 0 aliphatic rings. The third-order valence-corrected chi connectivity index (χ3v) is 5.25. The topological polar surface area (TPSA) is 43.1 Å². The van der Waals surface area contributed by atoms with Crippen LogP contribution >= 0.6 is 22.9 Å². The first kappa shape index (κ1) is 14.8. The molecule has 3 aromatic rings. The van der Waals surface area contributed by atoms with E-state index in [2.05, 4.69) is 0 Å². The minimum atomic E-state index is -0.843. The molecule has 0 bridgehead atoms. The molecule has 3 rings (SSSR count). The monoisotopic (exact) mass is 329 g/mol. The lowest BCUT2D eigenvalue weighted by Gasteiger charge is -2.27. The molecule has 1 unspecified atom stereocenters. The second-order valence-electron chi connectivity index (χ2n) is 4.81. The zero-order chi connectivity index (χ0) is 15.6. The summed E-state index contributed by atoms with van der Waals surface area (Å²) in [6.07, 6.45) is 0. The van der Waals surface area contributed by atoms with Gasteiger partial charge in [-0.1, -0.05) is 36.4 Å². The molecule has 0 aliphatic heterocycles. The summed E-state index contributed by atoms with van der Waals surface area (Å²) in [6.45, 7) is 0. The normalized spacial score (nSPS) is 13.5. The Morgan fingerprint density at radius 3 is 2.09 bits per heavy atom. The third kappa shape index (κ3) is 2.51. The highest BCUT2D eigenvalue weighted by Crippen LogP contribution is 2.45. The van der Waals surface area contributed by atoms with Crippen molar-refractivity contribution in [2.45, 2.75) is 4.87 Å². The van der Waals surface area contributed by atoms with Crippen molar-refractivity contribution in [2.75, 3.05) is 0 Å². The highest BCUT2D eigenvalue weighted by Gasteiger charge is 2.35. The van der Waals surface area contributed by atoms with E-state index in [9.17, 15) is 10.1 Å². The van der Waals surface area contributed by atoms with Crippen LogP contribution in [0, 0.1) is 10.1 Å². The molecule has 3 nitrogen and oxygen atoms in total. The molecule has 1 heterocycles. The van der Waals surface area contributed by atoms with Crippen molar-refractivity contribution in [1.82, 2.24) is 0 Å². The van der Waals surface area contributed by atoms with Crippen LogP contribution < -0.4 is 0 Å². The summed E-state index contributed by atoms with van der Waals surface area (Å²) in [5.41, 5.74) is 1.81. The average molecular weight is 330 g/mol. The molecule has 0 amide bonds. The van der Waals surface area contributed by atoms with Crippen LogP contribution in [0.15, 0.2) is 72.1 Å². The van der Waals surface area contributed by atoms with Crippen LogP contribution in [0.3, 0.4) is 0 Å². The van der Waals surface area contributed by atoms with Crippen LogP contribution in [0.4, 0.5) is 5.69 Å². The first-order valence-corrected chi connectivity index (χ1v) is 7.91. The summed E-state index contributed by atoms with van der Waals surface area (Å²) in [6, 6.07) is 20.1. The van der Waals surface area contributed by atoms with E-state index >= 15 is 0 Å². The van der Waals surface area contributed by atoms with Crippen LogP contribution in [-0.2, 0) is 4.87 Å². The number of hydrogen-bond acceptors (Lipinski definition) is 3. The predicted molar refractivity (Wildman–Crippen MR) is 89.6 cm³/mol. The first-order chi connectivity index (χ1) is 10.6. The SMILES string of the molecule is O=[N+]([O-])c1ccc(C(Cl)(c2ccccc2)c2cccs2)cc1. The van der Waals surface area contributed by atoms with Crippen molar-refractivity contribution in [1.29, 1.82) is 0 Å². The molecule has 2 aromatic carbocycles. The van der Waals surface area contributed by atoms with Gasteiger partial charge in [0.1, 0.15) is 4.87 Å². The average Bonchev–Trinajstić information content (AvgIpc) is 3.10. The Kier molecular flexibility index (Phi) is 3.96. The summed E-state index contributed by atoms with van der Waals surface area (Å²) in [5.74, 6) is 0. The maximum Gasteiger partial charge on any atom is 0.269 e. The van der Waals surface area contributed by atoms with Gasteiger partial charge in [0.2, 0.25) is 0 Å². The van der Waals surface area contributed by atoms with Crippen molar-refractivity contribution in [3.05, 3.63) is 98.2 Å². The number of nitro groups is 1. The van der Waals surface area contributed by atoms with E-state index in [1.54, 1.807) is 23.5 Å². The molecular weight excluding hydrogens is 318 g/mol. The molecule has 0 spiro atoms. The number of halogens is 1. The van der Waals surface area contributed by atoms with Gasteiger partial charge in [0, 0.05) is 17.0 Å². The zero-order valence-corrected chi connectivity index (χ0v) is 13.1. The second-order valence-corrected chi connectivity index (χ2v) is 6.32. The standard InChI is InChI=1S/C17H12ClNO2S/c18-17(16-7-4-12-22-16,13-5-2-1-3-6-13)14-8-10-15(11-9-14)19(20)21/h1-12H. The summed E-state index contributed by atoms with van der Waals surface area (Å²) in [7, 11) is 0. The third-order valence-electron chi connectivity index (χ3n) is 3.51. The van der Waals surface area contributed by atoms with E-state index in [1.165, 1.54) is 12.1 Å². The summed E-state index contributed by atoms with van der Waals surface area (Å²) in [5, 5.41) is 12.8. The van der Waals surface area contributed by atoms with Crippen molar-refractivity contribution in [3.8, 4) is 0 Å². The molecule has 5 heteroatoms. The Morgan fingerprint density at radius 1 is 0.909 bits per heavy atom. The lowest BCUT2D eigenvalue weighted by Crippen LogP contribution is -2.20. The van der Waals surface area contributed by atoms with E-state index in [0.717, 1.165) is 16.0 Å². The predicted octanol–water partition coefficient (Wildman–Crippen LogP) is 5.19. The number of alkyl halides is 1. The number of nitro benzene ring substituents is 1. The fourth-order valence-electron chi connectivity index (χ4n) is 2.41. The minimum Gasteiger partial charge on any atom is -0.258 e. The molecule has 0 saturated carbocycles. The van der Waals surface area contributed by atoms with Gasteiger partial charge >= 0.3 is 0 Å². The van der Waals surface area contributed by atoms with Gasteiger partial charge in [-0.15, -0.1) is 22.9 Å². The molecule has 0 N–H and O–H groups in total. The van der Waals surface area contributed by atoms with Crippen LogP contribution in [0.2, 0.25) is 0 Å². The quantitative estimate of drug-likeness (QED) is 0.375. The summed E-state index contributed by atoms with van der Waals surface area (Å²) < 4.78 is 0. The number of non-ortho nitro benzene ring substituents is 1. The lowest BCUT2D eigenvalue weighted by atomic mass is 9.89. The molecule has 110 valence electrons. The maximum atomic E-state index is 10.8. The number of benzene rings is 2. The Hall–Kier alpha value is -2.17. The van der Waals surface area contributed by atoms with Gasteiger partial charge in [-0.05, 0) is 34.7 Å². The van der Waals surface area contributed by atoms with Gasteiger partial charge in [-0.3, -0.25) is 10.1 Å². The van der Waals surface area contributed by atoms with Crippen LogP contribution in [0.25, 0.3) is 0 Å². The Bertz CT molecular complexity index is 772. The van der Waals surface area contributed by atoms with E-state index in [-0.39, 0.29) is 5.69 Å². The van der Waals surface area contributed by atoms with Crippen molar-refractivity contribution < 1.29 is 4.92 Å². The Morgan fingerprint density at radius 2 is 1.55 bits per heavy atom. The Labute approximate surface area is 137 Å². The van der Waals surface area contributed by atoms with Crippen LogP contribution in [0.5, 0.6) is 0 Å². The molecule has 0 saturated heterocycles. The minimum absolute atomic E-state index is 0.0574. The highest BCUT2D eigenvalue weighted by molar-refractivity contribution is 7.10. The molecule has 1 aromatic heterocycles. The van der Waals surface area contributed by atoms with E-state index in [0.29, 0.717) is 0 Å². The molecule has 0 aliphatic carbocycles. The summed E-state index contributed by atoms with van der Waals surface area (Å²) in [4.78, 5) is 10.6. The summed E-state index contributed by atoms with van der Waals surface area (Å²) >= 11 is 8.59. The second kappa shape index (κ2) is 5.91.